The van der Waals surface area contributed by atoms with Gasteiger partial charge in [-0.25, -0.2) is 0 Å². The third-order valence-corrected chi connectivity index (χ3v) is 7.33. The second-order valence-electron chi connectivity index (χ2n) is 8.31. The second-order valence-corrected chi connectivity index (χ2v) is 8.31. The normalized spacial score (nSPS) is 55.1. The fourth-order valence-corrected chi connectivity index (χ4v) is 5.84. The van der Waals surface area contributed by atoms with Crippen LogP contribution in [-0.2, 0) is 19.0 Å². The molecule has 6 nitrogen and oxygen atoms in total. The van der Waals surface area contributed by atoms with Gasteiger partial charge < -0.3 is 24.4 Å². The van der Waals surface area contributed by atoms with E-state index in [1.165, 1.54) is 12.5 Å². The summed E-state index contributed by atoms with van der Waals surface area (Å²) in [4.78, 5) is 11.5. The molecule has 1 saturated carbocycles. The number of fused-ring (bicyclic) bond motifs is 2. The highest BCUT2D eigenvalue weighted by Gasteiger charge is 2.86. The molecule has 0 radical (unpaired) electrons. The van der Waals surface area contributed by atoms with Crippen LogP contribution < -0.4 is 0 Å². The second kappa shape index (κ2) is 4.61. The zero-order valence-corrected chi connectivity index (χ0v) is 14.7. The average Bonchev–Trinajstić information content (AvgIpc) is 3.28. The summed E-state index contributed by atoms with van der Waals surface area (Å²) in [6.45, 7) is 7.97. The Hall–Kier alpha value is -0.950. The molecule has 4 aliphatic rings. The average molecular weight is 338 g/mol. The standard InChI is InChI=1S/C18H26O6/c1-10-5-6-17(8-22-11(2)19)15(3,7-10)24-14-12(20)13(21)16(17,4)18(14)9-23-18/h7,12-14,20-21H,5-6,8-9H2,1-4H3/t12-,13-,14-,15-,16-,17-,18+/m1/s1. The molecule has 0 aromatic carbocycles. The summed E-state index contributed by atoms with van der Waals surface area (Å²) < 4.78 is 17.7. The van der Waals surface area contributed by atoms with Crippen molar-refractivity contribution in [2.75, 3.05) is 13.2 Å². The number of aliphatic hydroxyl groups is 2. The molecule has 0 amide bonds. The molecule has 1 spiro atoms. The first-order valence-electron chi connectivity index (χ1n) is 8.63. The summed E-state index contributed by atoms with van der Waals surface area (Å²) in [6.07, 6.45) is 1.04. The van der Waals surface area contributed by atoms with Crippen molar-refractivity contribution in [3.8, 4) is 0 Å². The van der Waals surface area contributed by atoms with E-state index in [2.05, 4.69) is 13.0 Å². The summed E-state index contributed by atoms with van der Waals surface area (Å²) in [7, 11) is 0. The molecule has 0 aromatic heterocycles. The Bertz CT molecular complexity index is 625. The van der Waals surface area contributed by atoms with Crippen LogP contribution in [0.15, 0.2) is 11.6 Å². The molecule has 0 aromatic rings. The van der Waals surface area contributed by atoms with E-state index >= 15 is 0 Å². The number of carbonyl (C=O) groups excluding carboxylic acids is 1. The van der Waals surface area contributed by atoms with E-state index in [0.717, 1.165) is 6.42 Å². The van der Waals surface area contributed by atoms with Crippen LogP contribution in [0.5, 0.6) is 0 Å². The van der Waals surface area contributed by atoms with Crippen molar-refractivity contribution in [1.29, 1.82) is 0 Å². The van der Waals surface area contributed by atoms with Crippen molar-refractivity contribution in [1.82, 2.24) is 0 Å². The van der Waals surface area contributed by atoms with E-state index in [9.17, 15) is 15.0 Å². The number of hydrogen-bond acceptors (Lipinski definition) is 6. The van der Waals surface area contributed by atoms with Crippen LogP contribution in [0.3, 0.4) is 0 Å². The lowest BCUT2D eigenvalue weighted by Crippen LogP contribution is -2.71. The van der Waals surface area contributed by atoms with Crippen molar-refractivity contribution < 1.29 is 29.2 Å². The van der Waals surface area contributed by atoms with Crippen LogP contribution in [0.4, 0.5) is 0 Å². The van der Waals surface area contributed by atoms with Crippen LogP contribution in [0, 0.1) is 10.8 Å². The predicted octanol–water partition coefficient (Wildman–Crippen LogP) is 0.944. The molecule has 2 bridgehead atoms. The molecule has 4 rings (SSSR count). The molecule has 24 heavy (non-hydrogen) atoms. The first-order chi connectivity index (χ1) is 11.1. The minimum absolute atomic E-state index is 0.140. The third kappa shape index (κ3) is 1.59. The van der Waals surface area contributed by atoms with E-state index in [0.29, 0.717) is 13.0 Å². The summed E-state index contributed by atoms with van der Waals surface area (Å²) in [5, 5.41) is 21.6. The van der Waals surface area contributed by atoms with Gasteiger partial charge in [0.1, 0.15) is 24.4 Å². The van der Waals surface area contributed by atoms with Gasteiger partial charge in [-0.05, 0) is 26.7 Å². The van der Waals surface area contributed by atoms with E-state index in [1.54, 1.807) is 0 Å². The molecule has 2 aliphatic heterocycles. The maximum atomic E-state index is 11.5. The summed E-state index contributed by atoms with van der Waals surface area (Å²) in [6, 6.07) is 0. The number of hydrogen-bond donors (Lipinski definition) is 2. The van der Waals surface area contributed by atoms with Gasteiger partial charge in [0.2, 0.25) is 0 Å². The first kappa shape index (κ1) is 16.5. The zero-order valence-electron chi connectivity index (χ0n) is 14.7. The fraction of sp³-hybridized carbons (Fsp3) is 0.833. The van der Waals surface area contributed by atoms with Crippen molar-refractivity contribution in [2.24, 2.45) is 10.8 Å². The van der Waals surface area contributed by atoms with Crippen molar-refractivity contribution in [3.05, 3.63) is 11.6 Å². The Balaban J connectivity index is 1.91. The monoisotopic (exact) mass is 338 g/mol. The van der Waals surface area contributed by atoms with Gasteiger partial charge >= 0.3 is 5.97 Å². The van der Waals surface area contributed by atoms with Crippen LogP contribution in [-0.4, -0.2) is 58.9 Å². The lowest BCUT2D eigenvalue weighted by atomic mass is 9.47. The Labute approximate surface area is 141 Å². The smallest absolute Gasteiger partial charge is 0.302 e. The van der Waals surface area contributed by atoms with Gasteiger partial charge in [-0.2, -0.15) is 0 Å². The molecular weight excluding hydrogens is 312 g/mol. The molecule has 2 N–H and O–H groups in total. The van der Waals surface area contributed by atoms with Crippen molar-refractivity contribution in [3.63, 3.8) is 0 Å². The van der Waals surface area contributed by atoms with E-state index in [1.807, 2.05) is 13.8 Å². The van der Waals surface area contributed by atoms with E-state index in [-0.39, 0.29) is 12.6 Å². The van der Waals surface area contributed by atoms with Gasteiger partial charge in [-0.3, -0.25) is 4.79 Å². The molecule has 2 heterocycles. The minimum atomic E-state index is -1.01. The van der Waals surface area contributed by atoms with Gasteiger partial charge in [-0.15, -0.1) is 0 Å². The Morgan fingerprint density at radius 2 is 2.08 bits per heavy atom. The van der Waals surface area contributed by atoms with E-state index in [4.69, 9.17) is 14.2 Å². The van der Waals surface area contributed by atoms with Crippen LogP contribution in [0.25, 0.3) is 0 Å². The summed E-state index contributed by atoms with van der Waals surface area (Å²) >= 11 is 0. The van der Waals surface area contributed by atoms with Crippen LogP contribution >= 0.6 is 0 Å². The number of allylic oxidation sites excluding steroid dienone is 1. The molecule has 2 saturated heterocycles. The maximum absolute atomic E-state index is 11.5. The Kier molecular flexibility index (Phi) is 3.17. The topological polar surface area (TPSA) is 88.5 Å². The largest absolute Gasteiger partial charge is 0.465 e. The van der Waals surface area contributed by atoms with E-state index < -0.39 is 40.3 Å². The van der Waals surface area contributed by atoms with Crippen LogP contribution in [0.1, 0.15) is 40.5 Å². The van der Waals surface area contributed by atoms with Gasteiger partial charge in [0, 0.05) is 17.8 Å². The van der Waals surface area contributed by atoms with Crippen LogP contribution in [0.2, 0.25) is 0 Å². The maximum Gasteiger partial charge on any atom is 0.302 e. The molecule has 3 fully saturated rings. The molecule has 6 heteroatoms. The third-order valence-electron chi connectivity index (χ3n) is 7.33. The highest BCUT2D eigenvalue weighted by Crippen LogP contribution is 2.74. The molecule has 0 unspecified atom stereocenters. The molecule has 134 valence electrons. The Morgan fingerprint density at radius 1 is 1.42 bits per heavy atom. The van der Waals surface area contributed by atoms with Crippen molar-refractivity contribution in [2.45, 2.75) is 70.1 Å². The number of esters is 1. The summed E-state index contributed by atoms with van der Waals surface area (Å²) in [5.74, 6) is -0.359. The Morgan fingerprint density at radius 3 is 2.67 bits per heavy atom. The molecular formula is C18H26O6. The fourth-order valence-electron chi connectivity index (χ4n) is 5.84. The number of epoxide rings is 1. The zero-order chi connectivity index (χ0) is 17.5. The predicted molar refractivity (Wildman–Crippen MR) is 84.1 cm³/mol. The number of aliphatic hydroxyl groups excluding tert-OH is 2. The lowest BCUT2D eigenvalue weighted by Gasteiger charge is -2.62. The highest BCUT2D eigenvalue weighted by molar-refractivity contribution is 5.66. The number of ether oxygens (including phenoxy) is 3. The first-order valence-corrected chi connectivity index (χ1v) is 8.63. The van der Waals surface area contributed by atoms with Gasteiger partial charge in [0.25, 0.3) is 0 Å². The lowest BCUT2D eigenvalue weighted by molar-refractivity contribution is -0.271. The summed E-state index contributed by atoms with van der Waals surface area (Å²) in [5.41, 5.74) is -1.65. The molecule has 2 aliphatic carbocycles. The number of carbonyl (C=O) groups is 1. The minimum Gasteiger partial charge on any atom is -0.465 e. The van der Waals surface area contributed by atoms with Crippen molar-refractivity contribution >= 4 is 5.97 Å². The molecule has 7 atom stereocenters. The SMILES string of the molecule is CC(=O)OC[C@]12CCC(C)=C[C@@]1(C)O[C@@H]1[C@H](O)[C@@H](O)[C@@]2(C)[C@]12CO2. The highest BCUT2D eigenvalue weighted by atomic mass is 16.6. The van der Waals surface area contributed by atoms with Gasteiger partial charge in [0.05, 0.1) is 18.3 Å². The quantitative estimate of drug-likeness (QED) is 0.443. The number of rotatable bonds is 2. The van der Waals surface area contributed by atoms with Gasteiger partial charge in [0.15, 0.2) is 0 Å². The van der Waals surface area contributed by atoms with Gasteiger partial charge in [-0.1, -0.05) is 18.6 Å².